The molecule has 0 aliphatic carbocycles. The topological polar surface area (TPSA) is 66.7 Å². The van der Waals surface area contributed by atoms with Crippen molar-refractivity contribution in [3.63, 3.8) is 0 Å². The van der Waals surface area contributed by atoms with Crippen LogP contribution in [0.25, 0.3) is 12.8 Å². The van der Waals surface area contributed by atoms with Gasteiger partial charge in [0.25, 0.3) is 0 Å². The second kappa shape index (κ2) is 3.21. The van der Waals surface area contributed by atoms with Crippen LogP contribution < -0.4 is 21.7 Å². The van der Waals surface area contributed by atoms with Crippen molar-refractivity contribution in [3.8, 4) is 0 Å². The molecule has 0 aliphatic heterocycles. The number of hydrogen-bond acceptors (Lipinski definition) is 3. The molecule has 1 aromatic heterocycles. The lowest BCUT2D eigenvalue weighted by Gasteiger charge is -1.87. The minimum absolute atomic E-state index is 0.408. The minimum atomic E-state index is 0.408. The molecule has 0 atom stereocenters. The highest BCUT2D eigenvalue weighted by atomic mass is 15.0. The first-order valence-corrected chi connectivity index (χ1v) is 3.39. The average Bonchev–Trinajstić information content (AvgIpc) is 2.26. The molecule has 11 heavy (non-hydrogen) atoms. The first-order valence-electron chi connectivity index (χ1n) is 3.39. The van der Waals surface area contributed by atoms with Gasteiger partial charge in [0.1, 0.15) is 11.2 Å². The van der Waals surface area contributed by atoms with Crippen LogP contribution in [0.5, 0.6) is 0 Å². The van der Waals surface area contributed by atoms with E-state index in [1.165, 1.54) is 0 Å². The number of aromatic amines is 1. The summed E-state index contributed by atoms with van der Waals surface area (Å²) in [5, 5.41) is 4.47. The molecule has 0 saturated carbocycles. The van der Waals surface area contributed by atoms with E-state index in [1.54, 1.807) is 6.20 Å². The maximum Gasteiger partial charge on any atom is 0.104 e. The Bertz CT molecular complexity index is 325. The van der Waals surface area contributed by atoms with Crippen molar-refractivity contribution in [3.05, 3.63) is 16.5 Å². The summed E-state index contributed by atoms with van der Waals surface area (Å²) in [5.41, 5.74) is 5.23. The van der Waals surface area contributed by atoms with Crippen LogP contribution in [-0.4, -0.2) is 16.6 Å². The minimum Gasteiger partial charge on any atom is -0.377 e. The van der Waals surface area contributed by atoms with E-state index in [-0.39, 0.29) is 0 Å². The molecule has 1 rings (SSSR count). The summed E-state index contributed by atoms with van der Waals surface area (Å²) in [5.74, 6) is 0.861. The molecule has 0 saturated heterocycles. The summed E-state index contributed by atoms with van der Waals surface area (Å²) < 4.78 is 0. The van der Waals surface area contributed by atoms with Gasteiger partial charge in [-0.3, -0.25) is 0 Å². The number of nitrogens with zero attached hydrogens (tertiary/aromatic N) is 1. The van der Waals surface area contributed by atoms with Crippen LogP contribution in [-0.2, 0) is 0 Å². The molecule has 0 aromatic carbocycles. The van der Waals surface area contributed by atoms with Gasteiger partial charge in [-0.05, 0) is 6.92 Å². The monoisotopic (exact) mass is 152 g/mol. The average molecular weight is 152 g/mol. The van der Waals surface area contributed by atoms with E-state index in [9.17, 15) is 0 Å². The first kappa shape index (κ1) is 7.81. The Kier molecular flexibility index (Phi) is 2.28. The van der Waals surface area contributed by atoms with E-state index in [0.717, 1.165) is 16.5 Å². The maximum atomic E-state index is 5.23. The van der Waals surface area contributed by atoms with Gasteiger partial charge in [-0.15, -0.1) is 0 Å². The van der Waals surface area contributed by atoms with Crippen LogP contribution in [0.2, 0.25) is 0 Å². The van der Waals surface area contributed by atoms with Gasteiger partial charge < -0.3 is 16.0 Å². The number of aryl methyl sites for hydroxylation is 1. The fraction of sp³-hybridized carbons (Fsp3) is 0.286. The van der Waals surface area contributed by atoms with E-state index in [4.69, 9.17) is 5.73 Å². The van der Waals surface area contributed by atoms with Gasteiger partial charge in [-0.1, -0.05) is 6.58 Å². The van der Waals surface area contributed by atoms with Crippen LogP contribution in [0.3, 0.4) is 0 Å². The third-order valence-corrected chi connectivity index (χ3v) is 1.29. The molecule has 0 bridgehead atoms. The highest BCUT2D eigenvalue weighted by molar-refractivity contribution is 5.17. The normalized spacial score (nSPS) is 12.0. The Morgan fingerprint density at radius 3 is 3.00 bits per heavy atom. The molecule has 1 aromatic rings. The van der Waals surface area contributed by atoms with Crippen molar-refractivity contribution < 1.29 is 0 Å². The summed E-state index contributed by atoms with van der Waals surface area (Å²) in [6.07, 6.45) is 1.74. The Balaban J connectivity index is 3.03. The van der Waals surface area contributed by atoms with Gasteiger partial charge in [0.2, 0.25) is 0 Å². The van der Waals surface area contributed by atoms with E-state index >= 15 is 0 Å². The molecule has 0 unspecified atom stereocenters. The zero-order valence-electron chi connectivity index (χ0n) is 6.52. The fourth-order valence-corrected chi connectivity index (χ4v) is 0.834. The van der Waals surface area contributed by atoms with E-state index in [2.05, 4.69) is 21.9 Å². The summed E-state index contributed by atoms with van der Waals surface area (Å²) in [6.45, 7) is 6.06. The standard InChI is InChI=1S/C7H12N4/c1-5-7(3-9-4-8)11-6(2)10-5/h3,9H,1,4,8H2,2H3,(H,10,11)/b7-3+. The predicted molar refractivity (Wildman–Crippen MR) is 44.8 cm³/mol. The number of imidazole rings is 1. The third-order valence-electron chi connectivity index (χ3n) is 1.29. The molecule has 60 valence electrons. The van der Waals surface area contributed by atoms with Crippen molar-refractivity contribution in [2.75, 3.05) is 6.67 Å². The first-order chi connectivity index (χ1) is 5.24. The quantitative estimate of drug-likeness (QED) is 0.446. The van der Waals surface area contributed by atoms with E-state index in [0.29, 0.717) is 6.67 Å². The largest absolute Gasteiger partial charge is 0.377 e. The van der Waals surface area contributed by atoms with Crippen LogP contribution >= 0.6 is 0 Å². The van der Waals surface area contributed by atoms with Crippen LogP contribution in [0.15, 0.2) is 0 Å². The van der Waals surface area contributed by atoms with E-state index < -0.39 is 0 Å². The summed E-state index contributed by atoms with van der Waals surface area (Å²) in [7, 11) is 0. The van der Waals surface area contributed by atoms with Crippen molar-refractivity contribution in [1.82, 2.24) is 15.3 Å². The Labute approximate surface area is 64.8 Å². The molecule has 0 amide bonds. The molecular formula is C7H12N4. The number of nitrogens with one attached hydrogen (secondary N) is 2. The van der Waals surface area contributed by atoms with Crippen molar-refractivity contribution in [2.24, 2.45) is 5.73 Å². The Morgan fingerprint density at radius 1 is 1.82 bits per heavy atom. The smallest absolute Gasteiger partial charge is 0.104 e. The lowest BCUT2D eigenvalue weighted by Crippen LogP contribution is -2.28. The lowest BCUT2D eigenvalue weighted by molar-refractivity contribution is 0.919. The molecule has 4 N–H and O–H groups in total. The van der Waals surface area contributed by atoms with Gasteiger partial charge in [0.15, 0.2) is 0 Å². The van der Waals surface area contributed by atoms with E-state index in [1.807, 2.05) is 6.92 Å². The van der Waals surface area contributed by atoms with Crippen molar-refractivity contribution in [2.45, 2.75) is 6.92 Å². The number of aromatic nitrogens is 2. The fourth-order valence-electron chi connectivity index (χ4n) is 0.834. The number of H-pyrrole nitrogens is 1. The molecule has 0 spiro atoms. The predicted octanol–water partition coefficient (Wildman–Crippen LogP) is -1.63. The SMILES string of the molecule is C=c1[nH]c(C)n/c1=C/NCN. The second-order valence-corrected chi connectivity index (χ2v) is 2.24. The zero-order valence-corrected chi connectivity index (χ0v) is 6.52. The van der Waals surface area contributed by atoms with Gasteiger partial charge >= 0.3 is 0 Å². The van der Waals surface area contributed by atoms with Crippen LogP contribution in [0, 0.1) is 6.92 Å². The molecule has 0 radical (unpaired) electrons. The second-order valence-electron chi connectivity index (χ2n) is 2.24. The molecule has 4 nitrogen and oxygen atoms in total. The molecule has 0 aliphatic rings. The van der Waals surface area contributed by atoms with Crippen LogP contribution in [0.1, 0.15) is 5.82 Å². The lowest BCUT2D eigenvalue weighted by atomic mass is 10.6. The molecule has 4 heteroatoms. The number of hydrogen-bond donors (Lipinski definition) is 3. The summed E-state index contributed by atoms with van der Waals surface area (Å²) in [6, 6.07) is 0. The van der Waals surface area contributed by atoms with Crippen molar-refractivity contribution in [1.29, 1.82) is 0 Å². The van der Waals surface area contributed by atoms with Crippen molar-refractivity contribution >= 4 is 12.8 Å². The molecule has 0 fully saturated rings. The Hall–Kier alpha value is -1.29. The Morgan fingerprint density at radius 2 is 2.55 bits per heavy atom. The third kappa shape index (κ3) is 1.81. The molecule has 1 heterocycles. The van der Waals surface area contributed by atoms with Gasteiger partial charge in [0, 0.05) is 6.20 Å². The van der Waals surface area contributed by atoms with Crippen LogP contribution in [0.4, 0.5) is 0 Å². The summed E-state index contributed by atoms with van der Waals surface area (Å²) >= 11 is 0. The van der Waals surface area contributed by atoms with Gasteiger partial charge in [-0.2, -0.15) is 0 Å². The molecular weight excluding hydrogens is 140 g/mol. The van der Waals surface area contributed by atoms with Gasteiger partial charge in [0.05, 0.1) is 12.0 Å². The summed E-state index contributed by atoms with van der Waals surface area (Å²) in [4.78, 5) is 7.14. The number of rotatable bonds is 2. The van der Waals surface area contributed by atoms with Gasteiger partial charge in [-0.25, -0.2) is 4.98 Å². The maximum absolute atomic E-state index is 5.23. The highest BCUT2D eigenvalue weighted by Gasteiger charge is 1.87. The zero-order chi connectivity index (χ0) is 8.27. The number of nitrogens with two attached hydrogens (primary N) is 1. The highest BCUT2D eigenvalue weighted by Crippen LogP contribution is 1.69.